The SMILES string of the molecule is CC1(C)CN(C2(CN)CCC(C(F)(F)F)CC2)CCS1. The van der Waals surface area contributed by atoms with Crippen molar-refractivity contribution in [3.8, 4) is 0 Å². The van der Waals surface area contributed by atoms with Gasteiger partial charge in [-0.3, -0.25) is 4.90 Å². The molecule has 6 heteroatoms. The van der Waals surface area contributed by atoms with E-state index in [1.807, 2.05) is 11.8 Å². The quantitative estimate of drug-likeness (QED) is 0.849. The van der Waals surface area contributed by atoms with E-state index < -0.39 is 12.1 Å². The van der Waals surface area contributed by atoms with E-state index in [4.69, 9.17) is 5.73 Å². The number of alkyl halides is 3. The van der Waals surface area contributed by atoms with Crippen molar-refractivity contribution in [1.82, 2.24) is 4.90 Å². The summed E-state index contributed by atoms with van der Waals surface area (Å²) in [6.45, 7) is 6.75. The minimum absolute atomic E-state index is 0.168. The van der Waals surface area contributed by atoms with Gasteiger partial charge in [0.2, 0.25) is 0 Å². The highest BCUT2D eigenvalue weighted by Crippen LogP contribution is 2.45. The Morgan fingerprint density at radius 3 is 2.30 bits per heavy atom. The van der Waals surface area contributed by atoms with Crippen molar-refractivity contribution in [3.63, 3.8) is 0 Å². The summed E-state index contributed by atoms with van der Waals surface area (Å²) in [5.74, 6) is -0.0911. The Bertz CT molecular complexity index is 336. The molecule has 1 aliphatic carbocycles. The third-order valence-corrected chi connectivity index (χ3v) is 6.15. The van der Waals surface area contributed by atoms with Crippen LogP contribution in [0.25, 0.3) is 0 Å². The summed E-state index contributed by atoms with van der Waals surface area (Å²) in [4.78, 5) is 2.37. The molecule has 1 saturated heterocycles. The van der Waals surface area contributed by atoms with Gasteiger partial charge in [-0.1, -0.05) is 0 Å². The molecule has 1 aliphatic heterocycles. The molecule has 0 bridgehead atoms. The van der Waals surface area contributed by atoms with Crippen molar-refractivity contribution in [2.24, 2.45) is 11.7 Å². The van der Waals surface area contributed by atoms with Gasteiger partial charge in [0, 0.05) is 35.7 Å². The van der Waals surface area contributed by atoms with Crippen LogP contribution in [0.2, 0.25) is 0 Å². The number of nitrogens with zero attached hydrogens (tertiary/aromatic N) is 1. The van der Waals surface area contributed by atoms with Gasteiger partial charge in [0.05, 0.1) is 5.92 Å². The van der Waals surface area contributed by atoms with E-state index in [-0.39, 0.29) is 23.1 Å². The van der Waals surface area contributed by atoms with E-state index in [0.29, 0.717) is 19.4 Å². The molecule has 0 amide bonds. The Morgan fingerprint density at radius 2 is 1.85 bits per heavy atom. The first-order valence-corrected chi connectivity index (χ1v) is 8.33. The van der Waals surface area contributed by atoms with Crippen molar-refractivity contribution in [1.29, 1.82) is 0 Å². The van der Waals surface area contributed by atoms with Crippen molar-refractivity contribution >= 4 is 11.8 Å². The predicted molar refractivity (Wildman–Crippen MR) is 77.9 cm³/mol. The van der Waals surface area contributed by atoms with Crippen LogP contribution in [0.5, 0.6) is 0 Å². The second kappa shape index (κ2) is 5.69. The van der Waals surface area contributed by atoms with Crippen LogP contribution in [-0.2, 0) is 0 Å². The van der Waals surface area contributed by atoms with E-state index in [0.717, 1.165) is 18.8 Å². The van der Waals surface area contributed by atoms with Crippen LogP contribution >= 0.6 is 11.8 Å². The van der Waals surface area contributed by atoms with E-state index in [9.17, 15) is 13.2 Å². The Morgan fingerprint density at radius 1 is 1.25 bits per heavy atom. The number of hydrogen-bond acceptors (Lipinski definition) is 3. The van der Waals surface area contributed by atoms with Gasteiger partial charge >= 0.3 is 6.18 Å². The molecule has 118 valence electrons. The highest BCUT2D eigenvalue weighted by molar-refractivity contribution is 8.00. The maximum atomic E-state index is 12.8. The maximum Gasteiger partial charge on any atom is 0.391 e. The van der Waals surface area contributed by atoms with Crippen LogP contribution in [-0.4, -0.2) is 46.7 Å². The minimum atomic E-state index is -4.04. The largest absolute Gasteiger partial charge is 0.391 e. The number of nitrogens with two attached hydrogens (primary N) is 1. The van der Waals surface area contributed by atoms with Gasteiger partial charge in [-0.25, -0.2) is 0 Å². The zero-order chi connectivity index (χ0) is 15.0. The van der Waals surface area contributed by atoms with Gasteiger partial charge in [-0.15, -0.1) is 0 Å². The summed E-state index contributed by atoms with van der Waals surface area (Å²) in [7, 11) is 0. The highest BCUT2D eigenvalue weighted by Gasteiger charge is 2.48. The van der Waals surface area contributed by atoms with Crippen LogP contribution in [0, 0.1) is 5.92 Å². The van der Waals surface area contributed by atoms with Crippen LogP contribution in [0.3, 0.4) is 0 Å². The zero-order valence-electron chi connectivity index (χ0n) is 12.3. The fourth-order valence-electron chi connectivity index (χ4n) is 3.55. The lowest BCUT2D eigenvalue weighted by atomic mass is 9.74. The third-order valence-electron chi connectivity index (χ3n) is 4.86. The summed E-state index contributed by atoms with van der Waals surface area (Å²) >= 11 is 1.94. The van der Waals surface area contributed by atoms with Crippen molar-refractivity contribution in [2.45, 2.75) is 56.0 Å². The van der Waals surface area contributed by atoms with E-state index in [1.54, 1.807) is 0 Å². The van der Waals surface area contributed by atoms with E-state index >= 15 is 0 Å². The fourth-order valence-corrected chi connectivity index (χ4v) is 4.66. The molecular formula is C14H25F3N2S. The van der Waals surface area contributed by atoms with Crippen LogP contribution < -0.4 is 5.73 Å². The summed E-state index contributed by atoms with van der Waals surface area (Å²) in [6.07, 6.45) is -2.43. The van der Waals surface area contributed by atoms with Gasteiger partial charge in [0.1, 0.15) is 0 Å². The number of rotatable bonds is 2. The van der Waals surface area contributed by atoms with Gasteiger partial charge in [0.25, 0.3) is 0 Å². The first-order valence-electron chi connectivity index (χ1n) is 7.34. The second-order valence-corrected chi connectivity index (χ2v) is 8.58. The Kier molecular flexibility index (Phi) is 4.67. The average Bonchev–Trinajstić information content (AvgIpc) is 2.36. The van der Waals surface area contributed by atoms with Crippen LogP contribution in [0.15, 0.2) is 0 Å². The topological polar surface area (TPSA) is 29.3 Å². The Hall–Kier alpha value is 0.0600. The molecule has 2 rings (SSSR count). The van der Waals surface area contributed by atoms with Gasteiger partial charge in [-0.05, 0) is 39.5 Å². The second-order valence-electron chi connectivity index (χ2n) is 6.77. The Balaban J connectivity index is 2.05. The lowest BCUT2D eigenvalue weighted by Crippen LogP contribution is -2.61. The summed E-state index contributed by atoms with van der Waals surface area (Å²) in [6, 6.07) is 0. The minimum Gasteiger partial charge on any atom is -0.329 e. The smallest absolute Gasteiger partial charge is 0.329 e. The van der Waals surface area contributed by atoms with Crippen molar-refractivity contribution in [3.05, 3.63) is 0 Å². The lowest BCUT2D eigenvalue weighted by molar-refractivity contribution is -0.188. The summed E-state index contributed by atoms with van der Waals surface area (Å²) < 4.78 is 38.6. The lowest BCUT2D eigenvalue weighted by Gasteiger charge is -2.52. The molecule has 0 atom stereocenters. The molecular weight excluding hydrogens is 285 g/mol. The molecule has 2 fully saturated rings. The third kappa shape index (κ3) is 3.45. The highest BCUT2D eigenvalue weighted by atomic mass is 32.2. The normalized spacial score (nSPS) is 36.0. The molecule has 2 aliphatic rings. The standard InChI is InChI=1S/C14H25F3N2S/c1-12(2)10-19(7-8-20-12)13(9-18)5-3-11(4-6-13)14(15,16)17/h11H,3-10,18H2,1-2H3. The molecule has 0 aromatic heterocycles. The van der Waals surface area contributed by atoms with Crippen LogP contribution in [0.4, 0.5) is 13.2 Å². The molecule has 2 N–H and O–H groups in total. The van der Waals surface area contributed by atoms with Crippen molar-refractivity contribution < 1.29 is 13.2 Å². The molecule has 0 aromatic carbocycles. The number of hydrogen-bond donors (Lipinski definition) is 1. The molecule has 1 heterocycles. The Labute approximate surface area is 123 Å². The average molecular weight is 310 g/mol. The molecule has 0 aromatic rings. The first kappa shape index (κ1) is 16.4. The fraction of sp³-hybridized carbons (Fsp3) is 1.00. The summed E-state index contributed by atoms with van der Waals surface area (Å²) in [5.41, 5.74) is 5.77. The van der Waals surface area contributed by atoms with Gasteiger partial charge < -0.3 is 5.73 Å². The maximum absolute atomic E-state index is 12.8. The monoisotopic (exact) mass is 310 g/mol. The van der Waals surface area contributed by atoms with Gasteiger partial charge in [0.15, 0.2) is 0 Å². The van der Waals surface area contributed by atoms with E-state index in [2.05, 4.69) is 18.7 Å². The molecule has 2 nitrogen and oxygen atoms in total. The van der Waals surface area contributed by atoms with Gasteiger partial charge in [-0.2, -0.15) is 24.9 Å². The summed E-state index contributed by atoms with van der Waals surface area (Å²) in [5, 5.41) is 0. The predicted octanol–water partition coefficient (Wildman–Crippen LogP) is 3.26. The molecule has 0 unspecified atom stereocenters. The van der Waals surface area contributed by atoms with E-state index in [1.165, 1.54) is 0 Å². The first-order chi connectivity index (χ1) is 9.19. The molecule has 0 radical (unpaired) electrons. The number of thioether (sulfide) groups is 1. The molecule has 0 spiro atoms. The zero-order valence-corrected chi connectivity index (χ0v) is 13.1. The molecule has 20 heavy (non-hydrogen) atoms. The van der Waals surface area contributed by atoms with Crippen molar-refractivity contribution in [2.75, 3.05) is 25.4 Å². The van der Waals surface area contributed by atoms with Crippen LogP contribution in [0.1, 0.15) is 39.5 Å². The number of halogens is 3. The molecule has 1 saturated carbocycles.